The maximum Gasteiger partial charge on any atom is 0.349 e. The van der Waals surface area contributed by atoms with Gasteiger partial charge in [-0.3, -0.25) is 0 Å². The van der Waals surface area contributed by atoms with Crippen molar-refractivity contribution in [1.82, 2.24) is 0 Å². The van der Waals surface area contributed by atoms with Gasteiger partial charge in [-0.15, -0.1) is 0 Å². The van der Waals surface area contributed by atoms with Crippen LogP contribution in [0.15, 0.2) is 40.9 Å². The summed E-state index contributed by atoms with van der Waals surface area (Å²) in [5, 5.41) is 8.85. The topological polar surface area (TPSA) is 50.1 Å². The first kappa shape index (κ1) is 14.1. The Morgan fingerprint density at radius 2 is 2.33 bits per heavy atom. The number of nitrogens with zero attached hydrogens (tertiary/aromatic N) is 1. The molecule has 18 heavy (non-hydrogen) atoms. The highest BCUT2D eigenvalue weighted by Gasteiger charge is 2.10. The molecule has 0 aliphatic carbocycles. The lowest BCUT2D eigenvalue weighted by atomic mass is 10.1. The van der Waals surface area contributed by atoms with Crippen LogP contribution >= 0.6 is 15.9 Å². The van der Waals surface area contributed by atoms with Crippen molar-refractivity contribution in [2.24, 2.45) is 0 Å². The molecule has 92 valence electrons. The highest BCUT2D eigenvalue weighted by molar-refractivity contribution is 9.10. The summed E-state index contributed by atoms with van der Waals surface area (Å²) in [5.74, 6) is -1.15. The quantitative estimate of drug-likeness (QED) is 0.371. The van der Waals surface area contributed by atoms with Gasteiger partial charge in [-0.1, -0.05) is 18.7 Å². The largest absolute Gasteiger partial charge is 0.457 e. The van der Waals surface area contributed by atoms with E-state index in [0.29, 0.717) is 5.56 Å². The molecule has 0 bridgehead atoms. The number of hydrogen-bond acceptors (Lipinski definition) is 3. The van der Waals surface area contributed by atoms with Crippen LogP contribution in [-0.4, -0.2) is 12.6 Å². The maximum absolute atomic E-state index is 13.0. The zero-order valence-electron chi connectivity index (χ0n) is 9.32. The Bertz CT molecular complexity index is 546. The van der Waals surface area contributed by atoms with E-state index in [1.807, 2.05) is 0 Å². The van der Waals surface area contributed by atoms with Gasteiger partial charge in [-0.25, -0.2) is 9.18 Å². The van der Waals surface area contributed by atoms with Crippen LogP contribution in [0.25, 0.3) is 6.08 Å². The van der Waals surface area contributed by atoms with Crippen LogP contribution in [0.4, 0.5) is 4.39 Å². The molecular weight excluding hydrogens is 301 g/mol. The van der Waals surface area contributed by atoms with Crippen molar-refractivity contribution in [2.75, 3.05) is 6.61 Å². The molecule has 0 saturated carbocycles. The van der Waals surface area contributed by atoms with Crippen molar-refractivity contribution in [3.8, 4) is 6.07 Å². The molecule has 0 aromatic heterocycles. The molecule has 0 amide bonds. The van der Waals surface area contributed by atoms with Crippen LogP contribution in [0.2, 0.25) is 0 Å². The fourth-order valence-corrected chi connectivity index (χ4v) is 1.51. The zero-order valence-corrected chi connectivity index (χ0v) is 10.9. The average Bonchev–Trinajstić information content (AvgIpc) is 2.37. The van der Waals surface area contributed by atoms with Crippen LogP contribution in [0.3, 0.4) is 0 Å². The van der Waals surface area contributed by atoms with E-state index in [1.165, 1.54) is 30.4 Å². The maximum atomic E-state index is 13.0. The Labute approximate surface area is 112 Å². The molecule has 0 saturated heterocycles. The summed E-state index contributed by atoms with van der Waals surface area (Å²) < 4.78 is 18.0. The molecular formula is C13H9BrFNO2. The third-order valence-corrected chi connectivity index (χ3v) is 2.54. The van der Waals surface area contributed by atoms with Gasteiger partial charge in [0.2, 0.25) is 0 Å². The zero-order chi connectivity index (χ0) is 13.5. The fraction of sp³-hybridized carbons (Fsp3) is 0.0769. The van der Waals surface area contributed by atoms with Crippen molar-refractivity contribution in [2.45, 2.75) is 0 Å². The lowest BCUT2D eigenvalue weighted by Gasteiger charge is -2.01. The molecule has 0 spiro atoms. The minimum atomic E-state index is -0.738. The predicted molar refractivity (Wildman–Crippen MR) is 68.8 cm³/mol. The van der Waals surface area contributed by atoms with Crippen LogP contribution in [0, 0.1) is 17.1 Å². The molecule has 0 N–H and O–H groups in total. The number of nitriles is 1. The van der Waals surface area contributed by atoms with Gasteiger partial charge in [-0.2, -0.15) is 5.26 Å². The number of hydrogen-bond donors (Lipinski definition) is 0. The number of rotatable bonds is 4. The third kappa shape index (κ3) is 3.82. The van der Waals surface area contributed by atoms with E-state index in [2.05, 4.69) is 22.5 Å². The summed E-state index contributed by atoms with van der Waals surface area (Å²) in [7, 11) is 0. The van der Waals surface area contributed by atoms with Gasteiger partial charge in [0.1, 0.15) is 24.1 Å². The molecule has 3 nitrogen and oxygen atoms in total. The van der Waals surface area contributed by atoms with E-state index in [-0.39, 0.29) is 16.7 Å². The summed E-state index contributed by atoms with van der Waals surface area (Å²) >= 11 is 3.02. The molecule has 0 unspecified atom stereocenters. The molecule has 0 radical (unpaired) electrons. The first-order valence-corrected chi connectivity index (χ1v) is 5.72. The van der Waals surface area contributed by atoms with Crippen molar-refractivity contribution >= 4 is 28.0 Å². The summed E-state index contributed by atoms with van der Waals surface area (Å²) in [5.41, 5.74) is 0.366. The SMILES string of the molecule is C=CCOC(=O)/C(C#N)=C\c1ccc(F)c(Br)c1. The van der Waals surface area contributed by atoms with E-state index in [4.69, 9.17) is 10.00 Å². The Kier molecular flexibility index (Phi) is 5.28. The number of carbonyl (C=O) groups is 1. The molecule has 0 aliphatic rings. The van der Waals surface area contributed by atoms with Crippen molar-refractivity contribution in [1.29, 1.82) is 5.26 Å². The Morgan fingerprint density at radius 1 is 1.61 bits per heavy atom. The lowest BCUT2D eigenvalue weighted by Crippen LogP contribution is -2.06. The van der Waals surface area contributed by atoms with Crippen molar-refractivity contribution < 1.29 is 13.9 Å². The second-order valence-corrected chi connectivity index (χ2v) is 4.08. The van der Waals surface area contributed by atoms with Gasteiger partial charge in [-0.05, 0) is 39.7 Å². The lowest BCUT2D eigenvalue weighted by molar-refractivity contribution is -0.137. The van der Waals surface area contributed by atoms with E-state index < -0.39 is 11.8 Å². The van der Waals surface area contributed by atoms with Gasteiger partial charge in [0.25, 0.3) is 0 Å². The second-order valence-electron chi connectivity index (χ2n) is 3.23. The summed E-state index contributed by atoms with van der Waals surface area (Å²) in [6, 6.07) is 5.89. The number of benzene rings is 1. The number of carbonyl (C=O) groups excluding carboxylic acids is 1. The van der Waals surface area contributed by atoms with Gasteiger partial charge in [0.05, 0.1) is 4.47 Å². The Hall–Kier alpha value is -1.93. The Balaban J connectivity index is 2.97. The Morgan fingerprint density at radius 3 is 2.89 bits per heavy atom. The number of ether oxygens (including phenoxy) is 1. The molecule has 0 fully saturated rings. The third-order valence-electron chi connectivity index (χ3n) is 1.93. The van der Waals surface area contributed by atoms with E-state index in [1.54, 1.807) is 6.07 Å². The second kappa shape index (κ2) is 6.72. The molecule has 1 aromatic rings. The van der Waals surface area contributed by atoms with E-state index in [9.17, 15) is 9.18 Å². The highest BCUT2D eigenvalue weighted by atomic mass is 79.9. The smallest absolute Gasteiger partial charge is 0.349 e. The molecule has 1 aromatic carbocycles. The first-order valence-electron chi connectivity index (χ1n) is 4.93. The standard InChI is InChI=1S/C13H9BrFNO2/c1-2-5-18-13(17)10(8-16)6-9-3-4-12(15)11(14)7-9/h2-4,6-7H,1,5H2/b10-6-. The van der Waals surface area contributed by atoms with E-state index in [0.717, 1.165) is 0 Å². The minimum Gasteiger partial charge on any atom is -0.457 e. The monoisotopic (exact) mass is 309 g/mol. The van der Waals surface area contributed by atoms with Crippen LogP contribution in [0.1, 0.15) is 5.56 Å². The first-order chi connectivity index (χ1) is 8.58. The van der Waals surface area contributed by atoms with Crippen molar-refractivity contribution in [3.63, 3.8) is 0 Å². The van der Waals surface area contributed by atoms with Gasteiger partial charge in [0.15, 0.2) is 0 Å². The van der Waals surface area contributed by atoms with Crippen molar-refractivity contribution in [3.05, 3.63) is 52.3 Å². The van der Waals surface area contributed by atoms with Gasteiger partial charge in [0, 0.05) is 0 Å². The predicted octanol–water partition coefficient (Wildman–Crippen LogP) is 3.22. The van der Waals surface area contributed by atoms with Crippen LogP contribution < -0.4 is 0 Å². The van der Waals surface area contributed by atoms with Crippen LogP contribution in [0.5, 0.6) is 0 Å². The minimum absolute atomic E-state index is 0.0327. The number of halogens is 2. The summed E-state index contributed by atoms with van der Waals surface area (Å²) in [4.78, 5) is 11.4. The summed E-state index contributed by atoms with van der Waals surface area (Å²) in [6.07, 6.45) is 2.73. The fourth-order valence-electron chi connectivity index (χ4n) is 1.12. The molecule has 5 heteroatoms. The molecule has 1 rings (SSSR count). The summed E-state index contributed by atoms with van der Waals surface area (Å²) in [6.45, 7) is 3.43. The normalized spacial score (nSPS) is 10.6. The van der Waals surface area contributed by atoms with Gasteiger partial charge >= 0.3 is 5.97 Å². The molecule has 0 heterocycles. The van der Waals surface area contributed by atoms with Crippen LogP contribution in [-0.2, 0) is 9.53 Å². The molecule has 0 atom stereocenters. The van der Waals surface area contributed by atoms with Gasteiger partial charge < -0.3 is 4.74 Å². The molecule has 0 aliphatic heterocycles. The van der Waals surface area contributed by atoms with E-state index >= 15 is 0 Å². The highest BCUT2D eigenvalue weighted by Crippen LogP contribution is 2.18. The number of esters is 1. The average molecular weight is 310 g/mol.